The molecule has 0 aromatic rings. The summed E-state index contributed by atoms with van der Waals surface area (Å²) in [6.07, 6.45) is 2.10. The number of hydrogen-bond donors (Lipinski definition) is 1. The van der Waals surface area contributed by atoms with Gasteiger partial charge in [0.05, 0.1) is 25.9 Å². The van der Waals surface area contributed by atoms with Crippen LogP contribution in [0.15, 0.2) is 0 Å². The molecule has 0 heterocycles. The van der Waals surface area contributed by atoms with Crippen molar-refractivity contribution in [1.29, 1.82) is 0 Å². The second kappa shape index (κ2) is 11.3. The van der Waals surface area contributed by atoms with Crippen molar-refractivity contribution in [2.45, 2.75) is 25.9 Å². The van der Waals surface area contributed by atoms with Crippen molar-refractivity contribution < 1.29 is 14.6 Å². The number of rotatable bonds is 10. The molecule has 1 atom stereocenters. The van der Waals surface area contributed by atoms with Crippen LogP contribution in [0.1, 0.15) is 19.8 Å². The minimum atomic E-state index is -0.339. The smallest absolute Gasteiger partial charge is 0.0863 e. The van der Waals surface area contributed by atoms with Crippen LogP contribution in [-0.4, -0.2) is 49.6 Å². The van der Waals surface area contributed by atoms with Crippen molar-refractivity contribution in [3.05, 3.63) is 0 Å². The van der Waals surface area contributed by atoms with E-state index in [2.05, 4.69) is 6.92 Å². The Morgan fingerprint density at radius 3 is 2.79 bits per heavy atom. The molecule has 0 aliphatic carbocycles. The average Bonchev–Trinajstić information content (AvgIpc) is 2.19. The second-order valence-corrected chi connectivity index (χ2v) is 4.30. The average molecular weight is 222 g/mol. The van der Waals surface area contributed by atoms with Crippen molar-refractivity contribution in [3.63, 3.8) is 0 Å². The summed E-state index contributed by atoms with van der Waals surface area (Å²) in [5.74, 6) is 1.90. The molecule has 0 aliphatic rings. The Bertz CT molecular complexity index is 99.5. The van der Waals surface area contributed by atoms with Crippen LogP contribution in [0.25, 0.3) is 0 Å². The second-order valence-electron chi connectivity index (χ2n) is 3.15. The van der Waals surface area contributed by atoms with Gasteiger partial charge in [-0.2, -0.15) is 11.8 Å². The lowest BCUT2D eigenvalue weighted by Gasteiger charge is -2.10. The van der Waals surface area contributed by atoms with Gasteiger partial charge in [-0.15, -0.1) is 0 Å². The van der Waals surface area contributed by atoms with Gasteiger partial charge >= 0.3 is 0 Å². The number of methoxy groups -OCH3 is 1. The SMILES string of the molecule is CCCCSCC(O)COCCOC. The van der Waals surface area contributed by atoms with Gasteiger partial charge < -0.3 is 14.6 Å². The Labute approximate surface area is 91.2 Å². The fourth-order valence-corrected chi connectivity index (χ4v) is 1.90. The first-order valence-corrected chi connectivity index (χ1v) is 6.29. The molecule has 14 heavy (non-hydrogen) atoms. The molecule has 4 heteroatoms. The van der Waals surface area contributed by atoms with E-state index in [1.807, 2.05) is 0 Å². The number of thioether (sulfide) groups is 1. The number of aliphatic hydroxyl groups is 1. The molecule has 1 N–H and O–H groups in total. The standard InChI is InChI=1S/C10H22O3S/c1-3-4-7-14-9-10(11)8-13-6-5-12-2/h10-11H,3-9H2,1-2H3. The van der Waals surface area contributed by atoms with E-state index in [0.29, 0.717) is 19.8 Å². The van der Waals surface area contributed by atoms with Crippen LogP contribution in [0.4, 0.5) is 0 Å². The first-order valence-electron chi connectivity index (χ1n) is 5.13. The normalized spacial score (nSPS) is 13.1. The molecular formula is C10H22O3S. The molecule has 0 bridgehead atoms. The fraction of sp³-hybridized carbons (Fsp3) is 1.00. The molecule has 0 radical (unpaired) electrons. The van der Waals surface area contributed by atoms with E-state index in [-0.39, 0.29) is 6.10 Å². The molecule has 0 saturated carbocycles. The Balaban J connectivity index is 3.07. The summed E-state index contributed by atoms with van der Waals surface area (Å²) in [5.41, 5.74) is 0. The molecule has 0 amide bonds. The Hall–Kier alpha value is 0.230. The minimum absolute atomic E-state index is 0.339. The molecule has 0 fully saturated rings. The third kappa shape index (κ3) is 10.3. The molecule has 86 valence electrons. The van der Waals surface area contributed by atoms with Gasteiger partial charge in [0.1, 0.15) is 0 Å². The third-order valence-corrected chi connectivity index (χ3v) is 2.89. The maximum Gasteiger partial charge on any atom is 0.0863 e. The molecular weight excluding hydrogens is 200 g/mol. The van der Waals surface area contributed by atoms with Gasteiger partial charge in [0, 0.05) is 12.9 Å². The van der Waals surface area contributed by atoms with Crippen LogP contribution < -0.4 is 0 Å². The lowest BCUT2D eigenvalue weighted by atomic mass is 10.4. The Morgan fingerprint density at radius 1 is 1.36 bits per heavy atom. The Kier molecular flexibility index (Phi) is 11.5. The highest BCUT2D eigenvalue weighted by Crippen LogP contribution is 2.06. The van der Waals surface area contributed by atoms with Gasteiger partial charge in [0.15, 0.2) is 0 Å². The zero-order chi connectivity index (χ0) is 10.6. The first-order chi connectivity index (χ1) is 6.81. The summed E-state index contributed by atoms with van der Waals surface area (Å²) in [7, 11) is 1.64. The number of unbranched alkanes of at least 4 members (excludes halogenated alkanes) is 1. The first kappa shape index (κ1) is 14.2. The van der Waals surface area contributed by atoms with E-state index in [1.165, 1.54) is 12.8 Å². The summed E-state index contributed by atoms with van der Waals surface area (Å²) >= 11 is 1.79. The van der Waals surface area contributed by atoms with Gasteiger partial charge in [-0.3, -0.25) is 0 Å². The van der Waals surface area contributed by atoms with E-state index in [4.69, 9.17) is 9.47 Å². The summed E-state index contributed by atoms with van der Waals surface area (Å²) in [4.78, 5) is 0. The van der Waals surface area contributed by atoms with Gasteiger partial charge in [-0.05, 0) is 12.2 Å². The summed E-state index contributed by atoms with van der Waals surface area (Å²) in [6, 6.07) is 0. The lowest BCUT2D eigenvalue weighted by molar-refractivity contribution is 0.0218. The quantitative estimate of drug-likeness (QED) is 0.569. The molecule has 0 rings (SSSR count). The maximum absolute atomic E-state index is 9.46. The van der Waals surface area contributed by atoms with Gasteiger partial charge in [0.25, 0.3) is 0 Å². The van der Waals surface area contributed by atoms with Crippen molar-refractivity contribution in [2.24, 2.45) is 0 Å². The van der Waals surface area contributed by atoms with Crippen molar-refractivity contribution in [2.75, 3.05) is 38.4 Å². The third-order valence-electron chi connectivity index (χ3n) is 1.69. The largest absolute Gasteiger partial charge is 0.390 e. The van der Waals surface area contributed by atoms with Crippen molar-refractivity contribution in [3.8, 4) is 0 Å². The van der Waals surface area contributed by atoms with Crippen LogP contribution in [0, 0.1) is 0 Å². The summed E-state index contributed by atoms with van der Waals surface area (Å²) in [5, 5.41) is 9.46. The van der Waals surface area contributed by atoms with Crippen LogP contribution >= 0.6 is 11.8 Å². The molecule has 1 unspecified atom stereocenters. The zero-order valence-corrected chi connectivity index (χ0v) is 10.0. The van der Waals surface area contributed by atoms with Crippen molar-refractivity contribution >= 4 is 11.8 Å². The van der Waals surface area contributed by atoms with Gasteiger partial charge in [-0.25, -0.2) is 0 Å². The molecule has 0 saturated heterocycles. The van der Waals surface area contributed by atoms with Crippen molar-refractivity contribution in [1.82, 2.24) is 0 Å². The molecule has 0 aliphatic heterocycles. The topological polar surface area (TPSA) is 38.7 Å². The number of ether oxygens (including phenoxy) is 2. The number of aliphatic hydroxyl groups excluding tert-OH is 1. The highest BCUT2D eigenvalue weighted by atomic mass is 32.2. The predicted octanol–water partition coefficient (Wildman–Crippen LogP) is 1.54. The maximum atomic E-state index is 9.46. The molecule has 3 nitrogen and oxygen atoms in total. The van der Waals surface area contributed by atoms with Gasteiger partial charge in [0.2, 0.25) is 0 Å². The van der Waals surface area contributed by atoms with E-state index >= 15 is 0 Å². The van der Waals surface area contributed by atoms with Gasteiger partial charge in [-0.1, -0.05) is 13.3 Å². The zero-order valence-electron chi connectivity index (χ0n) is 9.20. The predicted molar refractivity (Wildman–Crippen MR) is 60.9 cm³/mol. The molecule has 0 spiro atoms. The van der Waals surface area contributed by atoms with E-state index in [0.717, 1.165) is 11.5 Å². The molecule has 0 aromatic heterocycles. The summed E-state index contributed by atoms with van der Waals surface area (Å²) in [6.45, 7) is 3.75. The lowest BCUT2D eigenvalue weighted by Crippen LogP contribution is -2.19. The fourth-order valence-electron chi connectivity index (χ4n) is 0.876. The molecule has 0 aromatic carbocycles. The Morgan fingerprint density at radius 2 is 2.14 bits per heavy atom. The number of hydrogen-bond acceptors (Lipinski definition) is 4. The van der Waals surface area contributed by atoms with E-state index in [9.17, 15) is 5.11 Å². The highest BCUT2D eigenvalue weighted by Gasteiger charge is 2.03. The van der Waals surface area contributed by atoms with Crippen LogP contribution in [0.2, 0.25) is 0 Å². The highest BCUT2D eigenvalue weighted by molar-refractivity contribution is 7.99. The minimum Gasteiger partial charge on any atom is -0.390 e. The summed E-state index contributed by atoms with van der Waals surface area (Å²) < 4.78 is 10.0. The van der Waals surface area contributed by atoms with Crippen LogP contribution in [0.5, 0.6) is 0 Å². The van der Waals surface area contributed by atoms with Crippen LogP contribution in [0.3, 0.4) is 0 Å². The monoisotopic (exact) mass is 222 g/mol. The van der Waals surface area contributed by atoms with Crippen LogP contribution in [-0.2, 0) is 9.47 Å². The van der Waals surface area contributed by atoms with E-state index in [1.54, 1.807) is 18.9 Å². The van der Waals surface area contributed by atoms with E-state index < -0.39 is 0 Å².